The molecular weight excluding hydrogens is 120 g/mol. The van der Waals surface area contributed by atoms with Gasteiger partial charge in [-0.05, 0) is 26.2 Å². The molecule has 0 aromatic heterocycles. The molecule has 0 aliphatic heterocycles. The molecule has 0 radical (unpaired) electrons. The van der Waals surface area contributed by atoms with Gasteiger partial charge in [-0.3, -0.25) is 0 Å². The predicted octanol–water partition coefficient (Wildman–Crippen LogP) is 3.53. The van der Waals surface area contributed by atoms with Gasteiger partial charge >= 0.3 is 0 Å². The summed E-state index contributed by atoms with van der Waals surface area (Å²) in [6, 6.07) is 0. The SMILES string of the molecule is CC(C)=CCC1CCCC1. The monoisotopic (exact) mass is 138 g/mol. The van der Waals surface area contributed by atoms with Crippen molar-refractivity contribution in [3.63, 3.8) is 0 Å². The first-order valence-corrected chi connectivity index (χ1v) is 4.42. The van der Waals surface area contributed by atoms with Crippen molar-refractivity contribution < 1.29 is 0 Å². The van der Waals surface area contributed by atoms with E-state index < -0.39 is 0 Å². The second-order valence-corrected chi connectivity index (χ2v) is 3.67. The van der Waals surface area contributed by atoms with Gasteiger partial charge in [-0.25, -0.2) is 0 Å². The van der Waals surface area contributed by atoms with Crippen molar-refractivity contribution in [1.29, 1.82) is 0 Å². The molecule has 10 heavy (non-hydrogen) atoms. The van der Waals surface area contributed by atoms with Gasteiger partial charge in [-0.15, -0.1) is 0 Å². The van der Waals surface area contributed by atoms with E-state index >= 15 is 0 Å². The van der Waals surface area contributed by atoms with Crippen LogP contribution in [0.2, 0.25) is 0 Å². The summed E-state index contributed by atoms with van der Waals surface area (Å²) < 4.78 is 0. The molecule has 0 unspecified atom stereocenters. The summed E-state index contributed by atoms with van der Waals surface area (Å²) in [6.07, 6.45) is 9.62. The third-order valence-corrected chi connectivity index (χ3v) is 2.33. The highest BCUT2D eigenvalue weighted by Crippen LogP contribution is 2.27. The quantitative estimate of drug-likeness (QED) is 0.512. The molecule has 1 aliphatic rings. The molecule has 0 aromatic rings. The summed E-state index contributed by atoms with van der Waals surface area (Å²) in [5, 5.41) is 0. The Morgan fingerprint density at radius 3 is 2.40 bits per heavy atom. The molecule has 58 valence electrons. The van der Waals surface area contributed by atoms with Gasteiger partial charge in [0.15, 0.2) is 0 Å². The van der Waals surface area contributed by atoms with Crippen molar-refractivity contribution in [1.82, 2.24) is 0 Å². The fourth-order valence-corrected chi connectivity index (χ4v) is 1.65. The van der Waals surface area contributed by atoms with E-state index in [9.17, 15) is 0 Å². The van der Waals surface area contributed by atoms with Crippen LogP contribution in [0, 0.1) is 5.92 Å². The molecule has 1 rings (SSSR count). The highest BCUT2D eigenvalue weighted by molar-refractivity contribution is 4.94. The van der Waals surface area contributed by atoms with E-state index in [1.54, 1.807) is 0 Å². The maximum atomic E-state index is 2.38. The maximum absolute atomic E-state index is 2.38. The average Bonchev–Trinajstić information content (AvgIpc) is 2.34. The van der Waals surface area contributed by atoms with Crippen LogP contribution in [0.1, 0.15) is 46.0 Å². The smallest absolute Gasteiger partial charge is 0.0320 e. The van der Waals surface area contributed by atoms with Crippen LogP contribution in [-0.4, -0.2) is 0 Å². The zero-order valence-corrected chi connectivity index (χ0v) is 7.19. The minimum absolute atomic E-state index is 1.02. The van der Waals surface area contributed by atoms with E-state index in [-0.39, 0.29) is 0 Å². The van der Waals surface area contributed by atoms with Gasteiger partial charge < -0.3 is 0 Å². The Morgan fingerprint density at radius 1 is 1.30 bits per heavy atom. The fraction of sp³-hybridized carbons (Fsp3) is 0.800. The highest BCUT2D eigenvalue weighted by Gasteiger charge is 2.12. The van der Waals surface area contributed by atoms with E-state index in [1.165, 1.54) is 37.7 Å². The minimum Gasteiger partial charge on any atom is -0.0856 e. The van der Waals surface area contributed by atoms with E-state index in [4.69, 9.17) is 0 Å². The molecule has 1 saturated carbocycles. The highest BCUT2D eigenvalue weighted by atomic mass is 14.2. The molecule has 0 heterocycles. The van der Waals surface area contributed by atoms with Gasteiger partial charge in [0.25, 0.3) is 0 Å². The predicted molar refractivity (Wildman–Crippen MR) is 46.0 cm³/mol. The van der Waals surface area contributed by atoms with Crippen LogP contribution < -0.4 is 0 Å². The Hall–Kier alpha value is -0.260. The maximum Gasteiger partial charge on any atom is -0.0320 e. The van der Waals surface area contributed by atoms with Gasteiger partial charge in [0.2, 0.25) is 0 Å². The summed E-state index contributed by atoms with van der Waals surface area (Å²) in [4.78, 5) is 0. The average molecular weight is 138 g/mol. The third-order valence-electron chi connectivity index (χ3n) is 2.33. The number of hydrogen-bond donors (Lipinski definition) is 0. The van der Waals surface area contributed by atoms with Crippen LogP contribution >= 0.6 is 0 Å². The summed E-state index contributed by atoms with van der Waals surface area (Å²) in [5.41, 5.74) is 1.48. The van der Waals surface area contributed by atoms with E-state index in [0.717, 1.165) is 5.92 Å². The van der Waals surface area contributed by atoms with Crippen LogP contribution in [0.15, 0.2) is 11.6 Å². The zero-order valence-electron chi connectivity index (χ0n) is 7.19. The van der Waals surface area contributed by atoms with Gasteiger partial charge in [-0.1, -0.05) is 37.3 Å². The summed E-state index contributed by atoms with van der Waals surface area (Å²) in [5.74, 6) is 1.02. The fourth-order valence-electron chi connectivity index (χ4n) is 1.65. The van der Waals surface area contributed by atoms with Gasteiger partial charge in [0.1, 0.15) is 0 Å². The standard InChI is InChI=1S/C10H18/c1-9(2)7-8-10-5-3-4-6-10/h7,10H,3-6,8H2,1-2H3. The number of hydrogen-bond acceptors (Lipinski definition) is 0. The Morgan fingerprint density at radius 2 is 1.90 bits per heavy atom. The van der Waals surface area contributed by atoms with E-state index in [1.807, 2.05) is 0 Å². The Bertz CT molecular complexity index is 112. The third kappa shape index (κ3) is 2.55. The normalized spacial score (nSPS) is 19.4. The molecule has 0 heteroatoms. The lowest BCUT2D eigenvalue weighted by atomic mass is 10.0. The van der Waals surface area contributed by atoms with Crippen LogP contribution in [-0.2, 0) is 0 Å². The lowest BCUT2D eigenvalue weighted by Crippen LogP contribution is -1.89. The molecule has 0 N–H and O–H groups in total. The van der Waals surface area contributed by atoms with Crippen LogP contribution in [0.3, 0.4) is 0 Å². The molecule has 0 saturated heterocycles. The first-order valence-electron chi connectivity index (χ1n) is 4.42. The molecule has 0 amide bonds. The van der Waals surface area contributed by atoms with Crippen molar-refractivity contribution in [2.24, 2.45) is 5.92 Å². The molecule has 1 aliphatic carbocycles. The summed E-state index contributed by atoms with van der Waals surface area (Å²) >= 11 is 0. The minimum atomic E-state index is 1.02. The van der Waals surface area contributed by atoms with Crippen LogP contribution in [0.5, 0.6) is 0 Å². The van der Waals surface area contributed by atoms with E-state index in [0.29, 0.717) is 0 Å². The van der Waals surface area contributed by atoms with Gasteiger partial charge in [0.05, 0.1) is 0 Å². The van der Waals surface area contributed by atoms with E-state index in [2.05, 4.69) is 19.9 Å². The van der Waals surface area contributed by atoms with Crippen molar-refractivity contribution in [3.05, 3.63) is 11.6 Å². The zero-order chi connectivity index (χ0) is 7.40. The van der Waals surface area contributed by atoms with Crippen LogP contribution in [0.25, 0.3) is 0 Å². The lowest BCUT2D eigenvalue weighted by Gasteiger charge is -2.03. The Kier molecular flexibility index (Phi) is 2.98. The molecular formula is C10H18. The molecule has 0 spiro atoms. The molecule has 0 nitrogen and oxygen atoms in total. The Labute approximate surface area is 64.3 Å². The second kappa shape index (κ2) is 3.80. The lowest BCUT2D eigenvalue weighted by molar-refractivity contribution is 0.556. The first-order chi connectivity index (χ1) is 4.79. The number of allylic oxidation sites excluding steroid dienone is 2. The van der Waals surface area contributed by atoms with Gasteiger partial charge in [0, 0.05) is 0 Å². The summed E-state index contributed by atoms with van der Waals surface area (Å²) in [7, 11) is 0. The topological polar surface area (TPSA) is 0 Å². The number of rotatable bonds is 2. The Balaban J connectivity index is 2.18. The molecule has 1 fully saturated rings. The van der Waals surface area contributed by atoms with Crippen molar-refractivity contribution in [2.75, 3.05) is 0 Å². The largest absolute Gasteiger partial charge is 0.0856 e. The first kappa shape index (κ1) is 7.84. The second-order valence-electron chi connectivity index (χ2n) is 3.67. The van der Waals surface area contributed by atoms with Gasteiger partial charge in [-0.2, -0.15) is 0 Å². The molecule has 0 bridgehead atoms. The molecule has 0 aromatic carbocycles. The van der Waals surface area contributed by atoms with Crippen molar-refractivity contribution in [2.45, 2.75) is 46.0 Å². The van der Waals surface area contributed by atoms with Crippen molar-refractivity contribution in [3.8, 4) is 0 Å². The molecule has 0 atom stereocenters. The van der Waals surface area contributed by atoms with Crippen LogP contribution in [0.4, 0.5) is 0 Å². The summed E-state index contributed by atoms with van der Waals surface area (Å²) in [6.45, 7) is 4.38. The van der Waals surface area contributed by atoms with Crippen molar-refractivity contribution >= 4 is 0 Å².